The third-order valence-corrected chi connectivity index (χ3v) is 4.32. The number of guanidine groups is 1. The molecule has 2 N–H and O–H groups in total. The molecule has 1 heterocycles. The molecular weight excluding hydrogens is 304 g/mol. The van der Waals surface area contributed by atoms with E-state index >= 15 is 0 Å². The molecule has 0 saturated carbocycles. The lowest BCUT2D eigenvalue weighted by atomic mass is 10.1. The number of hydrogen-bond acceptors (Lipinski definition) is 4. The van der Waals surface area contributed by atoms with Gasteiger partial charge in [0.1, 0.15) is 6.54 Å². The van der Waals surface area contributed by atoms with Crippen LogP contribution in [-0.4, -0.2) is 99.6 Å². The molecule has 1 aliphatic heterocycles. The van der Waals surface area contributed by atoms with Crippen LogP contribution in [0, 0.1) is 5.92 Å². The van der Waals surface area contributed by atoms with Crippen molar-refractivity contribution in [3.05, 3.63) is 0 Å². The van der Waals surface area contributed by atoms with E-state index in [1.165, 1.54) is 13.1 Å². The first kappa shape index (κ1) is 20.7. The van der Waals surface area contributed by atoms with Crippen LogP contribution in [0.4, 0.5) is 0 Å². The summed E-state index contributed by atoms with van der Waals surface area (Å²) in [5.74, 6) is 1.26. The second kappa shape index (κ2) is 11.3. The minimum Gasteiger partial charge on any atom is -0.357 e. The van der Waals surface area contributed by atoms with Gasteiger partial charge in [-0.05, 0) is 19.4 Å². The number of rotatable bonds is 8. The van der Waals surface area contributed by atoms with E-state index in [9.17, 15) is 4.79 Å². The molecule has 140 valence electrons. The summed E-state index contributed by atoms with van der Waals surface area (Å²) in [7, 11) is 3.50. The summed E-state index contributed by atoms with van der Waals surface area (Å²) < 4.78 is 0. The molecule has 0 spiro atoms. The molecule has 24 heavy (non-hydrogen) atoms. The highest BCUT2D eigenvalue weighted by atomic mass is 16.2. The Kier molecular flexibility index (Phi) is 9.71. The van der Waals surface area contributed by atoms with Crippen molar-refractivity contribution in [1.82, 2.24) is 25.3 Å². The Balaban J connectivity index is 2.34. The van der Waals surface area contributed by atoms with Crippen LogP contribution in [0.25, 0.3) is 0 Å². The van der Waals surface area contributed by atoms with Gasteiger partial charge in [0.15, 0.2) is 5.96 Å². The van der Waals surface area contributed by atoms with Gasteiger partial charge in [-0.1, -0.05) is 13.8 Å². The van der Waals surface area contributed by atoms with Crippen molar-refractivity contribution in [1.29, 1.82) is 0 Å². The highest BCUT2D eigenvalue weighted by Gasteiger charge is 2.17. The maximum absolute atomic E-state index is 11.7. The van der Waals surface area contributed by atoms with Crippen molar-refractivity contribution >= 4 is 11.9 Å². The zero-order valence-electron chi connectivity index (χ0n) is 16.1. The molecule has 1 aliphatic rings. The van der Waals surface area contributed by atoms with Gasteiger partial charge in [0.05, 0.1) is 0 Å². The predicted octanol–water partition coefficient (Wildman–Crippen LogP) is -0.0967. The first-order chi connectivity index (χ1) is 11.5. The number of carbonyl (C=O) groups excluding carboxylic acids is 1. The third kappa shape index (κ3) is 7.97. The van der Waals surface area contributed by atoms with Gasteiger partial charge in [0, 0.05) is 59.9 Å². The van der Waals surface area contributed by atoms with Gasteiger partial charge in [-0.25, -0.2) is 4.99 Å². The number of nitrogens with one attached hydrogen (secondary N) is 2. The molecule has 7 heteroatoms. The zero-order valence-corrected chi connectivity index (χ0v) is 16.1. The summed E-state index contributed by atoms with van der Waals surface area (Å²) in [5.41, 5.74) is 0. The van der Waals surface area contributed by atoms with Crippen LogP contribution in [0.2, 0.25) is 0 Å². The van der Waals surface area contributed by atoms with Crippen LogP contribution in [-0.2, 0) is 4.79 Å². The highest BCUT2D eigenvalue weighted by Crippen LogP contribution is 2.05. The van der Waals surface area contributed by atoms with E-state index in [2.05, 4.69) is 39.3 Å². The van der Waals surface area contributed by atoms with E-state index in [-0.39, 0.29) is 12.5 Å². The molecule has 0 radical (unpaired) electrons. The Morgan fingerprint density at radius 2 is 1.75 bits per heavy atom. The topological polar surface area (TPSA) is 63.2 Å². The average Bonchev–Trinajstić information content (AvgIpc) is 2.57. The number of likely N-dealkylation sites (N-methyl/N-ethyl adjacent to an activating group) is 2. The Morgan fingerprint density at radius 3 is 2.29 bits per heavy atom. The van der Waals surface area contributed by atoms with Crippen LogP contribution in [0.1, 0.15) is 20.8 Å². The van der Waals surface area contributed by atoms with E-state index in [0.717, 1.165) is 45.2 Å². The summed E-state index contributed by atoms with van der Waals surface area (Å²) in [6.07, 6.45) is 0. The Hall–Kier alpha value is -1.34. The number of nitrogens with zero attached hydrogens (tertiary/aromatic N) is 4. The van der Waals surface area contributed by atoms with Crippen LogP contribution < -0.4 is 10.6 Å². The minimum atomic E-state index is 0.00838. The fourth-order valence-corrected chi connectivity index (χ4v) is 2.69. The van der Waals surface area contributed by atoms with E-state index in [4.69, 9.17) is 0 Å². The summed E-state index contributed by atoms with van der Waals surface area (Å²) in [6, 6.07) is 0. The molecule has 1 saturated heterocycles. The number of aliphatic imine (C=N–C) groups is 1. The first-order valence-corrected chi connectivity index (χ1v) is 9.13. The smallest absolute Gasteiger partial charge is 0.243 e. The molecule has 0 aromatic heterocycles. The summed E-state index contributed by atoms with van der Waals surface area (Å²) in [5, 5.41) is 6.55. The fraction of sp³-hybridized carbons (Fsp3) is 0.882. The number of hydrogen-bond donors (Lipinski definition) is 2. The van der Waals surface area contributed by atoms with Crippen LogP contribution in [0.5, 0.6) is 0 Å². The van der Waals surface area contributed by atoms with Crippen molar-refractivity contribution in [3.8, 4) is 0 Å². The van der Waals surface area contributed by atoms with Gasteiger partial charge >= 0.3 is 0 Å². The molecule has 1 rings (SSSR count). The molecule has 1 amide bonds. The molecule has 0 bridgehead atoms. The van der Waals surface area contributed by atoms with Crippen molar-refractivity contribution < 1.29 is 4.79 Å². The van der Waals surface area contributed by atoms with E-state index in [1.54, 1.807) is 19.0 Å². The van der Waals surface area contributed by atoms with Gasteiger partial charge in [-0.15, -0.1) is 0 Å². The highest BCUT2D eigenvalue weighted by molar-refractivity contribution is 5.84. The molecule has 0 aromatic rings. The maximum Gasteiger partial charge on any atom is 0.243 e. The van der Waals surface area contributed by atoms with Crippen molar-refractivity contribution in [2.75, 3.05) is 73.0 Å². The van der Waals surface area contributed by atoms with Gasteiger partial charge in [0.2, 0.25) is 5.91 Å². The lowest BCUT2D eigenvalue weighted by Crippen LogP contribution is -2.48. The van der Waals surface area contributed by atoms with Gasteiger partial charge in [-0.3, -0.25) is 4.79 Å². The molecular formula is C17H36N6O. The molecule has 0 aromatic carbocycles. The average molecular weight is 341 g/mol. The lowest BCUT2D eigenvalue weighted by Gasteiger charge is -2.35. The monoisotopic (exact) mass is 340 g/mol. The van der Waals surface area contributed by atoms with Gasteiger partial charge < -0.3 is 25.3 Å². The quantitative estimate of drug-likeness (QED) is 0.477. The van der Waals surface area contributed by atoms with Gasteiger partial charge in [0.25, 0.3) is 0 Å². The molecule has 1 atom stereocenters. The molecule has 0 aliphatic carbocycles. The standard InChI is InChI=1S/C17H36N6O/c1-6-18-17(20-13-16(24)21(4)5)19-12-15(3)14-23-10-8-22(7-2)9-11-23/h15H,6-14H2,1-5H3,(H2,18,19,20). The molecule has 1 unspecified atom stereocenters. The van der Waals surface area contributed by atoms with Crippen molar-refractivity contribution in [3.63, 3.8) is 0 Å². The first-order valence-electron chi connectivity index (χ1n) is 9.13. The summed E-state index contributed by atoms with van der Waals surface area (Å²) in [4.78, 5) is 22.6. The predicted molar refractivity (Wildman–Crippen MR) is 100 cm³/mol. The van der Waals surface area contributed by atoms with Crippen molar-refractivity contribution in [2.24, 2.45) is 10.9 Å². The normalized spacial score (nSPS) is 18.3. The summed E-state index contributed by atoms with van der Waals surface area (Å²) >= 11 is 0. The molecule has 1 fully saturated rings. The maximum atomic E-state index is 11.7. The number of amides is 1. The Labute approximate surface area is 147 Å². The fourth-order valence-electron chi connectivity index (χ4n) is 2.69. The Bertz CT molecular complexity index is 391. The summed E-state index contributed by atoms with van der Waals surface area (Å²) in [6.45, 7) is 15.2. The largest absolute Gasteiger partial charge is 0.357 e. The minimum absolute atomic E-state index is 0.00838. The van der Waals surface area contributed by atoms with Gasteiger partial charge in [-0.2, -0.15) is 0 Å². The lowest BCUT2D eigenvalue weighted by molar-refractivity contribution is -0.127. The third-order valence-electron chi connectivity index (χ3n) is 4.32. The van der Waals surface area contributed by atoms with E-state index in [0.29, 0.717) is 5.92 Å². The van der Waals surface area contributed by atoms with Crippen LogP contribution in [0.3, 0.4) is 0 Å². The van der Waals surface area contributed by atoms with Crippen LogP contribution >= 0.6 is 0 Å². The zero-order chi connectivity index (χ0) is 17.9. The molecule has 7 nitrogen and oxygen atoms in total. The number of piperazine rings is 1. The Morgan fingerprint density at radius 1 is 1.12 bits per heavy atom. The van der Waals surface area contributed by atoms with E-state index < -0.39 is 0 Å². The second-order valence-electron chi connectivity index (χ2n) is 6.70. The SMILES string of the molecule is CCNC(=NCC(=O)N(C)C)NCC(C)CN1CCN(CC)CC1. The van der Waals surface area contributed by atoms with E-state index in [1.807, 2.05) is 6.92 Å². The second-order valence-corrected chi connectivity index (χ2v) is 6.70. The number of carbonyl (C=O) groups is 1. The van der Waals surface area contributed by atoms with Crippen molar-refractivity contribution in [2.45, 2.75) is 20.8 Å². The van der Waals surface area contributed by atoms with Crippen LogP contribution in [0.15, 0.2) is 4.99 Å².